The number of carboxylic acid groups (broad SMARTS) is 1. The van der Waals surface area contributed by atoms with Gasteiger partial charge in [0, 0.05) is 49.2 Å². The van der Waals surface area contributed by atoms with Gasteiger partial charge in [0.2, 0.25) is 0 Å². The number of hydrogen-bond donors (Lipinski definition) is 2. The van der Waals surface area contributed by atoms with Crippen molar-refractivity contribution in [3.8, 4) is 0 Å². The van der Waals surface area contributed by atoms with Crippen molar-refractivity contribution in [2.24, 2.45) is 0 Å². The number of benzene rings is 2. The first-order chi connectivity index (χ1) is 14.5. The van der Waals surface area contributed by atoms with Crippen LogP contribution in [0.5, 0.6) is 0 Å². The van der Waals surface area contributed by atoms with Crippen molar-refractivity contribution in [2.45, 2.75) is 37.3 Å². The Morgan fingerprint density at radius 3 is 2.50 bits per heavy atom. The molecule has 0 amide bonds. The third kappa shape index (κ3) is 7.15. The lowest BCUT2D eigenvalue weighted by molar-refractivity contribution is -0.133. The normalized spacial score (nSPS) is 13.0. The van der Waals surface area contributed by atoms with Crippen molar-refractivity contribution in [1.29, 1.82) is 0 Å². The third-order valence-electron chi connectivity index (χ3n) is 4.60. The largest absolute Gasteiger partial charge is 0.481 e. The van der Waals surface area contributed by atoms with Crippen LogP contribution in [0.3, 0.4) is 0 Å². The zero-order valence-electron chi connectivity index (χ0n) is 18.4. The first kappa shape index (κ1) is 24.4. The van der Waals surface area contributed by atoms with Crippen LogP contribution >= 0.6 is 23.7 Å². The average molecular weight is 448 g/mol. The maximum atomic E-state index is 10.8. The van der Waals surface area contributed by atoms with Crippen LogP contribution in [0.2, 0.25) is 0 Å². The highest BCUT2D eigenvalue weighted by Crippen LogP contribution is 2.40. The zero-order valence-corrected chi connectivity index (χ0v) is 20.0. The second kappa shape index (κ2) is 12.8. The molecule has 0 radical (unpaired) electrons. The lowest BCUT2D eigenvalue weighted by Crippen LogP contribution is -2.23. The average Bonchev–Trinajstić information content (AvgIpc) is 2.95. The zero-order chi connectivity index (χ0) is 21.9. The standard InChI is InChI=1S/C19H23N3O2S2.C4H10/c1-21(2)16-11-17-18(10-14(16)12-25-13-19(23)24)26-20-8-9-22(17)15-6-4-3-5-7-15;1-3-4-2/h3-7,10-11,20H,8-9,12-13H2,1-2H3,(H,23,24);3-4H2,1-2H3. The molecule has 1 aliphatic heterocycles. The highest BCUT2D eigenvalue weighted by Gasteiger charge is 2.20. The highest BCUT2D eigenvalue weighted by atomic mass is 32.2. The number of unbranched alkanes of at least 4 members (excludes halogenated alkanes) is 1. The first-order valence-corrected chi connectivity index (χ1v) is 12.3. The van der Waals surface area contributed by atoms with E-state index >= 15 is 0 Å². The molecule has 0 bridgehead atoms. The number of nitrogens with zero attached hydrogens (tertiary/aromatic N) is 2. The Balaban J connectivity index is 0.000000735. The number of para-hydroxylation sites is 1. The van der Waals surface area contributed by atoms with Crippen LogP contribution in [0, 0.1) is 0 Å². The second-order valence-corrected chi connectivity index (χ2v) is 9.13. The summed E-state index contributed by atoms with van der Waals surface area (Å²) in [7, 11) is 4.06. The van der Waals surface area contributed by atoms with Crippen molar-refractivity contribution >= 4 is 46.7 Å². The van der Waals surface area contributed by atoms with Gasteiger partial charge in [-0.15, -0.1) is 11.8 Å². The van der Waals surface area contributed by atoms with Gasteiger partial charge in [0.05, 0.1) is 11.4 Å². The van der Waals surface area contributed by atoms with E-state index in [0.717, 1.165) is 24.3 Å². The number of thioether (sulfide) groups is 1. The molecule has 30 heavy (non-hydrogen) atoms. The van der Waals surface area contributed by atoms with Crippen LogP contribution in [0.15, 0.2) is 47.4 Å². The summed E-state index contributed by atoms with van der Waals surface area (Å²) in [5.41, 5.74) is 4.65. The number of aliphatic carboxylic acids is 1. The minimum atomic E-state index is -0.776. The molecule has 2 aromatic carbocycles. The van der Waals surface area contributed by atoms with Crippen molar-refractivity contribution in [3.63, 3.8) is 0 Å². The van der Waals surface area contributed by atoms with Gasteiger partial charge >= 0.3 is 5.97 Å². The van der Waals surface area contributed by atoms with Crippen LogP contribution in [0.4, 0.5) is 17.1 Å². The molecule has 164 valence electrons. The van der Waals surface area contributed by atoms with Crippen LogP contribution < -0.4 is 14.5 Å². The molecule has 2 N–H and O–H groups in total. The fourth-order valence-electron chi connectivity index (χ4n) is 2.96. The van der Waals surface area contributed by atoms with E-state index in [1.807, 2.05) is 20.2 Å². The van der Waals surface area contributed by atoms with Crippen molar-refractivity contribution < 1.29 is 9.90 Å². The van der Waals surface area contributed by atoms with E-state index in [2.05, 4.69) is 64.8 Å². The second-order valence-electron chi connectivity index (χ2n) is 7.21. The molecule has 0 atom stereocenters. The molecule has 7 heteroatoms. The molecule has 1 heterocycles. The molecule has 0 saturated carbocycles. The first-order valence-electron chi connectivity index (χ1n) is 10.3. The minimum Gasteiger partial charge on any atom is -0.481 e. The number of hydrogen-bond acceptors (Lipinski definition) is 6. The summed E-state index contributed by atoms with van der Waals surface area (Å²) in [6.45, 7) is 6.14. The number of fused-ring (bicyclic) bond motifs is 1. The van der Waals surface area contributed by atoms with Crippen LogP contribution in [-0.2, 0) is 10.5 Å². The predicted molar refractivity (Wildman–Crippen MR) is 132 cm³/mol. The molecular formula is C23H33N3O2S2. The minimum absolute atomic E-state index is 0.117. The van der Waals surface area contributed by atoms with Gasteiger partial charge in [-0.25, -0.2) is 0 Å². The van der Waals surface area contributed by atoms with E-state index in [9.17, 15) is 4.79 Å². The van der Waals surface area contributed by atoms with Gasteiger partial charge in [0.25, 0.3) is 0 Å². The summed E-state index contributed by atoms with van der Waals surface area (Å²) in [4.78, 5) is 16.4. The number of carbonyl (C=O) groups is 1. The van der Waals surface area contributed by atoms with Crippen molar-refractivity contribution in [1.82, 2.24) is 4.72 Å². The molecule has 5 nitrogen and oxygen atoms in total. The molecule has 0 aromatic heterocycles. The predicted octanol–water partition coefficient (Wildman–Crippen LogP) is 5.63. The maximum Gasteiger partial charge on any atom is 0.313 e. The van der Waals surface area contributed by atoms with E-state index < -0.39 is 5.97 Å². The molecule has 0 spiro atoms. The SMILES string of the molecule is CCCC.CN(C)c1cc2c(cc1CSCC(=O)O)SNCCN2c1ccccc1. The maximum absolute atomic E-state index is 10.8. The number of rotatable bonds is 7. The summed E-state index contributed by atoms with van der Waals surface area (Å²) in [6.07, 6.45) is 2.64. The van der Waals surface area contributed by atoms with E-state index in [-0.39, 0.29) is 5.75 Å². The number of nitrogens with one attached hydrogen (secondary N) is 1. The van der Waals surface area contributed by atoms with Gasteiger partial charge < -0.3 is 14.9 Å². The van der Waals surface area contributed by atoms with Gasteiger partial charge in [0.1, 0.15) is 0 Å². The molecule has 0 saturated heterocycles. The summed E-state index contributed by atoms with van der Waals surface area (Å²) in [6, 6.07) is 14.8. The smallest absolute Gasteiger partial charge is 0.313 e. The Labute approximate surface area is 189 Å². The number of anilines is 3. The van der Waals surface area contributed by atoms with Crippen molar-refractivity contribution in [3.05, 3.63) is 48.0 Å². The van der Waals surface area contributed by atoms with E-state index in [4.69, 9.17) is 5.11 Å². The fraction of sp³-hybridized carbons (Fsp3) is 0.435. The fourth-order valence-corrected chi connectivity index (χ4v) is 4.51. The van der Waals surface area contributed by atoms with Gasteiger partial charge in [-0.05, 0) is 41.8 Å². The molecular weight excluding hydrogens is 414 g/mol. The lowest BCUT2D eigenvalue weighted by atomic mass is 10.1. The Kier molecular flexibility index (Phi) is 10.4. The van der Waals surface area contributed by atoms with E-state index in [0.29, 0.717) is 5.75 Å². The van der Waals surface area contributed by atoms with Gasteiger partial charge in [0.15, 0.2) is 0 Å². The topological polar surface area (TPSA) is 55.8 Å². The highest BCUT2D eigenvalue weighted by molar-refractivity contribution is 7.99. The van der Waals surface area contributed by atoms with E-state index in [1.165, 1.54) is 40.9 Å². The van der Waals surface area contributed by atoms with Crippen molar-refractivity contribution in [2.75, 3.05) is 42.7 Å². The molecule has 2 aromatic rings. The molecule has 0 fully saturated rings. The molecule has 3 rings (SSSR count). The Morgan fingerprint density at radius 2 is 1.90 bits per heavy atom. The van der Waals surface area contributed by atoms with Gasteiger partial charge in [-0.3, -0.25) is 9.52 Å². The third-order valence-corrected chi connectivity index (χ3v) is 6.46. The quantitative estimate of drug-likeness (QED) is 0.534. The van der Waals surface area contributed by atoms with Crippen LogP contribution in [-0.4, -0.2) is 44.0 Å². The molecule has 1 aliphatic rings. The van der Waals surface area contributed by atoms with E-state index in [1.54, 1.807) is 11.9 Å². The lowest BCUT2D eigenvalue weighted by Gasteiger charge is -2.27. The Bertz CT molecular complexity index is 799. The molecule has 0 aliphatic carbocycles. The van der Waals surface area contributed by atoms with Gasteiger partial charge in [-0.2, -0.15) is 0 Å². The van der Waals surface area contributed by atoms with Gasteiger partial charge in [-0.1, -0.05) is 44.9 Å². The Hall–Kier alpha value is -1.83. The number of carboxylic acids is 1. The van der Waals surface area contributed by atoms with Crippen LogP contribution in [0.1, 0.15) is 32.3 Å². The summed E-state index contributed by atoms with van der Waals surface area (Å²) >= 11 is 3.08. The van der Waals surface area contributed by atoms with Crippen LogP contribution in [0.25, 0.3) is 0 Å². The Morgan fingerprint density at radius 1 is 1.20 bits per heavy atom. The summed E-state index contributed by atoms with van der Waals surface area (Å²) < 4.78 is 3.41. The summed E-state index contributed by atoms with van der Waals surface area (Å²) in [5.74, 6) is 0.0206. The summed E-state index contributed by atoms with van der Waals surface area (Å²) in [5, 5.41) is 8.91. The molecule has 0 unspecified atom stereocenters. The monoisotopic (exact) mass is 447 g/mol.